The smallest absolute Gasteiger partial charge is 0.0920 e. The van der Waals surface area contributed by atoms with Crippen molar-refractivity contribution >= 4 is 58.5 Å². The zero-order valence-electron chi connectivity index (χ0n) is 38.0. The minimum absolute atomic E-state index is 0.795. The van der Waals surface area contributed by atoms with Crippen molar-refractivity contribution < 1.29 is 20.8 Å². The first-order chi connectivity index (χ1) is 30.1. The first-order valence-corrected chi connectivity index (χ1v) is 29.9. The molecule has 0 amide bonds. The number of halogens is 2. The average molecular weight is 948 g/mol. The van der Waals surface area contributed by atoms with Gasteiger partial charge in [-0.15, -0.1) is 74.6 Å². The van der Waals surface area contributed by atoms with E-state index in [2.05, 4.69) is 183 Å². The number of hydrogen-bond donors (Lipinski definition) is 0. The summed E-state index contributed by atoms with van der Waals surface area (Å²) in [5.41, 5.74) is 19.7. The van der Waals surface area contributed by atoms with Crippen molar-refractivity contribution in [2.45, 2.75) is 107 Å². The van der Waals surface area contributed by atoms with Gasteiger partial charge in [0, 0.05) is 0 Å². The molecule has 8 aromatic rings. The number of rotatable bonds is 10. The SMILES string of the molecule is CCCCc1cc2c(-c3cc(C)cc(C)c3)c(CC)ccc2[cH-]1.CCCCc1cc2c(-c3cc(C)cc(C)c3)c(CC)ccc2[cH-]1.[Cl][Zr][Cl].[c-]1cccc2c1[Si]c1ccccc1-2. The van der Waals surface area contributed by atoms with Gasteiger partial charge in [0.15, 0.2) is 0 Å². The molecule has 0 saturated carbocycles. The number of benzene rings is 6. The van der Waals surface area contributed by atoms with Crippen LogP contribution in [-0.2, 0) is 46.5 Å². The Labute approximate surface area is 394 Å². The van der Waals surface area contributed by atoms with Crippen molar-refractivity contribution in [3.8, 4) is 33.4 Å². The molecule has 1 aliphatic heterocycles. The van der Waals surface area contributed by atoms with Crippen molar-refractivity contribution in [2.24, 2.45) is 0 Å². The van der Waals surface area contributed by atoms with Crippen molar-refractivity contribution in [1.82, 2.24) is 0 Å². The first kappa shape index (κ1) is 47.7. The molecule has 0 saturated heterocycles. The summed E-state index contributed by atoms with van der Waals surface area (Å²) in [6.45, 7) is 17.8. The molecule has 8 aromatic carbocycles. The van der Waals surface area contributed by atoms with Crippen molar-refractivity contribution in [2.75, 3.05) is 0 Å². The van der Waals surface area contributed by atoms with Gasteiger partial charge in [0.1, 0.15) is 0 Å². The fourth-order valence-electron chi connectivity index (χ4n) is 9.06. The van der Waals surface area contributed by atoms with Crippen LogP contribution >= 0.6 is 17.0 Å². The topological polar surface area (TPSA) is 0 Å². The molecule has 0 atom stereocenters. The molecule has 9 rings (SSSR count). The number of aryl methyl sites for hydroxylation is 8. The van der Waals surface area contributed by atoms with E-state index in [4.69, 9.17) is 17.0 Å². The molecule has 0 nitrogen and oxygen atoms in total. The monoisotopic (exact) mass is 945 g/mol. The third kappa shape index (κ3) is 11.9. The van der Waals surface area contributed by atoms with Crippen LogP contribution in [0.2, 0.25) is 0 Å². The van der Waals surface area contributed by atoms with E-state index < -0.39 is 20.8 Å². The van der Waals surface area contributed by atoms with E-state index in [1.54, 1.807) is 0 Å². The Bertz CT molecular complexity index is 2490. The zero-order valence-corrected chi connectivity index (χ0v) is 43.0. The van der Waals surface area contributed by atoms with Gasteiger partial charge in [-0.25, -0.2) is 0 Å². The standard InChI is InChI=1S/2C23H27.C12H7Si.2ClH.Zr/c2*1-5-7-8-18-14-20-10-9-19(6-2)23(22(20)15-18)21-12-16(3)11-17(4)13-21;1-3-7-11-9(5-1)10-6-2-4-8-12(10)13-11;;;/h2*9-15H,5-8H2,1-4H3;1-7H;2*1H;/q3*-1;;;+2/p-2. The second-order valence-electron chi connectivity index (χ2n) is 16.8. The maximum absolute atomic E-state index is 4.93. The Morgan fingerprint density at radius 3 is 1.45 bits per heavy atom. The van der Waals surface area contributed by atoms with Crippen LogP contribution in [0.25, 0.3) is 54.9 Å². The summed E-state index contributed by atoms with van der Waals surface area (Å²) in [4.78, 5) is 0. The Morgan fingerprint density at radius 1 is 0.548 bits per heavy atom. The quantitative estimate of drug-likeness (QED) is 0.0947. The van der Waals surface area contributed by atoms with Crippen LogP contribution in [0.4, 0.5) is 0 Å². The largest absolute Gasteiger partial charge is 0.184 e. The van der Waals surface area contributed by atoms with E-state index in [0.29, 0.717) is 0 Å². The third-order valence-electron chi connectivity index (χ3n) is 11.8. The minimum Gasteiger partial charge on any atom is -0.184 e. The molecule has 0 aromatic heterocycles. The van der Waals surface area contributed by atoms with E-state index in [1.165, 1.54) is 148 Å². The molecule has 2 radical (unpaired) electrons. The van der Waals surface area contributed by atoms with Gasteiger partial charge in [-0.05, 0) is 64.5 Å². The minimum atomic E-state index is -0.826. The van der Waals surface area contributed by atoms with E-state index in [9.17, 15) is 0 Å². The van der Waals surface area contributed by atoms with Crippen molar-refractivity contribution in [3.63, 3.8) is 0 Å². The maximum atomic E-state index is 4.93. The molecule has 1 heterocycles. The van der Waals surface area contributed by atoms with Crippen LogP contribution in [0.15, 0.2) is 127 Å². The molecule has 0 fully saturated rings. The predicted molar refractivity (Wildman–Crippen MR) is 272 cm³/mol. The van der Waals surface area contributed by atoms with Crippen LogP contribution in [0, 0.1) is 33.8 Å². The summed E-state index contributed by atoms with van der Waals surface area (Å²) in [6.07, 6.45) is 9.60. The summed E-state index contributed by atoms with van der Waals surface area (Å²) in [6, 6.07) is 50.9. The van der Waals surface area contributed by atoms with Gasteiger partial charge >= 0.3 is 37.9 Å². The van der Waals surface area contributed by atoms with Gasteiger partial charge in [0.2, 0.25) is 0 Å². The molecule has 62 heavy (non-hydrogen) atoms. The van der Waals surface area contributed by atoms with E-state index >= 15 is 0 Å². The van der Waals surface area contributed by atoms with Gasteiger partial charge in [-0.2, -0.15) is 41.6 Å². The van der Waals surface area contributed by atoms with Gasteiger partial charge in [-0.1, -0.05) is 169 Å². The third-order valence-corrected chi connectivity index (χ3v) is 13.2. The molecule has 0 bridgehead atoms. The summed E-state index contributed by atoms with van der Waals surface area (Å²) in [5.74, 6) is 0. The normalized spacial score (nSPS) is 11.2. The molecular formula is C58H61Cl2SiZr-3. The second kappa shape index (κ2) is 23.2. The molecule has 0 spiro atoms. The fourth-order valence-corrected chi connectivity index (χ4v) is 10.4. The van der Waals surface area contributed by atoms with Crippen molar-refractivity contribution in [1.29, 1.82) is 0 Å². The van der Waals surface area contributed by atoms with Crippen LogP contribution in [0.5, 0.6) is 0 Å². The first-order valence-electron chi connectivity index (χ1n) is 22.5. The second-order valence-corrected chi connectivity index (χ2v) is 21.8. The summed E-state index contributed by atoms with van der Waals surface area (Å²) >= 11 is -0.826. The van der Waals surface area contributed by atoms with E-state index in [1.807, 2.05) is 6.07 Å². The van der Waals surface area contributed by atoms with Crippen LogP contribution in [-0.4, -0.2) is 9.52 Å². The number of fused-ring (bicyclic) bond motifs is 5. The van der Waals surface area contributed by atoms with Gasteiger partial charge in [0.25, 0.3) is 0 Å². The molecule has 0 N–H and O–H groups in total. The zero-order chi connectivity index (χ0) is 44.2. The van der Waals surface area contributed by atoms with E-state index in [0.717, 1.165) is 22.4 Å². The Hall–Kier alpha value is -3.78. The Morgan fingerprint density at radius 2 is 1.00 bits per heavy atom. The molecule has 1 aliphatic rings. The predicted octanol–water partition coefficient (Wildman–Crippen LogP) is 16.0. The molecule has 4 heteroatoms. The van der Waals surface area contributed by atoms with Crippen molar-refractivity contribution in [3.05, 3.63) is 178 Å². The number of hydrogen-bond acceptors (Lipinski definition) is 0. The maximum Gasteiger partial charge on any atom is 0.0920 e. The fraction of sp³-hybridized carbons (Fsp3) is 0.276. The number of unbranched alkanes of at least 4 members (excludes halogenated alkanes) is 2. The summed E-state index contributed by atoms with van der Waals surface area (Å²) < 4.78 is 0. The van der Waals surface area contributed by atoms with Gasteiger partial charge in [0.05, 0.1) is 9.52 Å². The van der Waals surface area contributed by atoms with Crippen LogP contribution in [0.1, 0.15) is 97.9 Å². The molecular weight excluding hydrogens is 887 g/mol. The molecule has 318 valence electrons. The summed E-state index contributed by atoms with van der Waals surface area (Å²) in [7, 11) is 10.7. The molecule has 0 aliphatic carbocycles. The van der Waals surface area contributed by atoms with Gasteiger partial charge in [-0.3, -0.25) is 0 Å². The van der Waals surface area contributed by atoms with Crippen LogP contribution in [0.3, 0.4) is 0 Å². The van der Waals surface area contributed by atoms with E-state index in [-0.39, 0.29) is 0 Å². The van der Waals surface area contributed by atoms with Gasteiger partial charge < -0.3 is 0 Å². The Balaban J connectivity index is 0.000000155. The summed E-state index contributed by atoms with van der Waals surface area (Å²) in [5, 5.41) is 8.47. The average Bonchev–Trinajstić information content (AvgIpc) is 3.99. The van der Waals surface area contributed by atoms with Crippen LogP contribution < -0.4 is 10.4 Å². The Kier molecular flexibility index (Phi) is 17.9. The molecule has 0 unspecified atom stereocenters.